The number of hydrazone groups is 1. The third-order valence-corrected chi connectivity index (χ3v) is 9.03. The van der Waals surface area contributed by atoms with Crippen molar-refractivity contribution in [3.8, 4) is 11.5 Å². The number of hydrogen-bond acceptors (Lipinski definition) is 10. The molecule has 1 unspecified atom stereocenters. The second kappa shape index (κ2) is 15.9. The number of ether oxygens (including phenoxy) is 3. The molecular formula is C35H29Cl2N3O8S. The van der Waals surface area contributed by atoms with Crippen LogP contribution in [0.15, 0.2) is 71.8 Å². The van der Waals surface area contributed by atoms with Crippen molar-refractivity contribution < 1.29 is 38.2 Å². The van der Waals surface area contributed by atoms with Gasteiger partial charge in [0.05, 0.1) is 29.5 Å². The lowest BCUT2D eigenvalue weighted by Crippen LogP contribution is -2.32. The van der Waals surface area contributed by atoms with E-state index in [1.807, 2.05) is 0 Å². The molecule has 0 spiro atoms. The van der Waals surface area contributed by atoms with Crippen molar-refractivity contribution in [3.05, 3.63) is 109 Å². The van der Waals surface area contributed by atoms with Crippen LogP contribution in [0.2, 0.25) is 10.0 Å². The van der Waals surface area contributed by atoms with Gasteiger partial charge in [0.25, 0.3) is 0 Å². The van der Waals surface area contributed by atoms with Crippen LogP contribution < -0.4 is 20.2 Å². The normalized spacial score (nSPS) is 13.7. The number of thiophene rings is 1. The number of hydrogen-bond donors (Lipinski definition) is 2. The average molecular weight is 723 g/mol. The van der Waals surface area contributed by atoms with Crippen molar-refractivity contribution in [2.75, 3.05) is 11.9 Å². The monoisotopic (exact) mass is 721 g/mol. The zero-order valence-corrected chi connectivity index (χ0v) is 28.5. The topological polar surface area (TPSA) is 149 Å². The molecule has 0 radical (unpaired) electrons. The van der Waals surface area contributed by atoms with Gasteiger partial charge < -0.3 is 19.5 Å². The van der Waals surface area contributed by atoms with Gasteiger partial charge in [0, 0.05) is 26.6 Å². The van der Waals surface area contributed by atoms with Crippen LogP contribution in [0.1, 0.15) is 67.3 Å². The number of benzene rings is 3. The summed E-state index contributed by atoms with van der Waals surface area (Å²) < 4.78 is 16.3. The molecule has 1 heterocycles. The van der Waals surface area contributed by atoms with E-state index in [2.05, 4.69) is 22.8 Å². The minimum absolute atomic E-state index is 0.0462. The van der Waals surface area contributed by atoms with Crippen LogP contribution in [-0.4, -0.2) is 42.5 Å². The molecule has 0 aliphatic heterocycles. The molecule has 4 aromatic rings. The number of esters is 3. The largest absolute Gasteiger partial charge is 0.462 e. The second-order valence-electron chi connectivity index (χ2n) is 10.9. The number of nitrogens with zero attached hydrogens (tertiary/aromatic N) is 1. The number of anilines is 1. The molecule has 2 amide bonds. The van der Waals surface area contributed by atoms with Crippen LogP contribution in [-0.2, 0) is 27.2 Å². The molecule has 11 nitrogen and oxygen atoms in total. The highest BCUT2D eigenvalue weighted by Crippen LogP contribution is 2.40. The van der Waals surface area contributed by atoms with Gasteiger partial charge in [0.1, 0.15) is 16.5 Å². The highest BCUT2D eigenvalue weighted by Gasteiger charge is 2.30. The fourth-order valence-corrected chi connectivity index (χ4v) is 6.54. The van der Waals surface area contributed by atoms with Gasteiger partial charge in [-0.3, -0.25) is 9.59 Å². The molecule has 14 heteroatoms. The van der Waals surface area contributed by atoms with Crippen LogP contribution in [0, 0.1) is 5.92 Å². The lowest BCUT2D eigenvalue weighted by molar-refractivity contribution is -0.136. The Bertz CT molecular complexity index is 1940. The van der Waals surface area contributed by atoms with Gasteiger partial charge >= 0.3 is 29.7 Å². The molecule has 252 valence electrons. The van der Waals surface area contributed by atoms with Gasteiger partial charge in [0.15, 0.2) is 0 Å². The lowest BCUT2D eigenvalue weighted by atomic mass is 9.88. The maximum Gasteiger partial charge on any atom is 0.343 e. The summed E-state index contributed by atoms with van der Waals surface area (Å²) in [7, 11) is 0. The summed E-state index contributed by atoms with van der Waals surface area (Å²) >= 11 is 13.1. The Morgan fingerprint density at radius 1 is 0.878 bits per heavy atom. The molecule has 3 aromatic carbocycles. The zero-order valence-electron chi connectivity index (χ0n) is 26.2. The first-order chi connectivity index (χ1) is 23.5. The quantitative estimate of drug-likeness (QED) is 0.0624. The highest BCUT2D eigenvalue weighted by molar-refractivity contribution is 7.17. The Hall–Kier alpha value is -5.04. The Labute approximate surface area is 295 Å². The molecule has 0 bridgehead atoms. The molecular weight excluding hydrogens is 693 g/mol. The first-order valence-corrected chi connectivity index (χ1v) is 16.6. The molecule has 0 saturated carbocycles. The molecule has 0 saturated heterocycles. The molecule has 5 rings (SSSR count). The van der Waals surface area contributed by atoms with Crippen molar-refractivity contribution in [2.45, 2.75) is 33.1 Å². The van der Waals surface area contributed by atoms with Gasteiger partial charge in [-0.1, -0.05) is 30.1 Å². The zero-order chi connectivity index (χ0) is 35.1. The minimum atomic E-state index is -1.11. The van der Waals surface area contributed by atoms with Gasteiger partial charge in [-0.15, -0.1) is 11.3 Å². The van der Waals surface area contributed by atoms with Gasteiger partial charge in [-0.05, 0) is 98.3 Å². The number of fused-ring (bicyclic) bond motifs is 1. The van der Waals surface area contributed by atoms with E-state index in [4.69, 9.17) is 37.4 Å². The Morgan fingerprint density at radius 3 is 2.14 bits per heavy atom. The van der Waals surface area contributed by atoms with Crippen molar-refractivity contribution in [3.63, 3.8) is 0 Å². The van der Waals surface area contributed by atoms with E-state index < -0.39 is 29.7 Å². The molecule has 1 atom stereocenters. The third kappa shape index (κ3) is 8.91. The number of carbonyl (C=O) groups excluding carboxylic acids is 5. The van der Waals surface area contributed by atoms with Crippen LogP contribution in [0.3, 0.4) is 0 Å². The van der Waals surface area contributed by atoms with E-state index in [1.165, 1.54) is 65.9 Å². The SMILES string of the molecule is CCOC(=O)c1c(NC(=O)C(=O)N/N=C/c2ccc(OC(=O)c3ccc(Cl)cc3)cc2OC(=O)c2ccc(Cl)cc2)sc2c1CCC(C)C2. The summed E-state index contributed by atoms with van der Waals surface area (Å²) in [6.07, 6.45) is 3.46. The maximum absolute atomic E-state index is 12.9. The Balaban J connectivity index is 1.32. The van der Waals surface area contributed by atoms with Gasteiger partial charge in [-0.25, -0.2) is 19.8 Å². The van der Waals surface area contributed by atoms with Crippen molar-refractivity contribution in [2.24, 2.45) is 11.0 Å². The lowest BCUT2D eigenvalue weighted by Gasteiger charge is -2.18. The first-order valence-electron chi connectivity index (χ1n) is 15.1. The summed E-state index contributed by atoms with van der Waals surface area (Å²) in [5, 5.41) is 7.50. The van der Waals surface area contributed by atoms with Crippen molar-refractivity contribution in [1.82, 2.24) is 5.43 Å². The second-order valence-corrected chi connectivity index (χ2v) is 12.9. The van der Waals surface area contributed by atoms with Crippen molar-refractivity contribution in [1.29, 1.82) is 0 Å². The molecule has 0 fully saturated rings. The average Bonchev–Trinajstić information content (AvgIpc) is 3.43. The first kappa shape index (κ1) is 35.3. The van der Waals surface area contributed by atoms with E-state index >= 15 is 0 Å². The summed E-state index contributed by atoms with van der Waals surface area (Å²) in [5.41, 5.74) is 3.86. The minimum Gasteiger partial charge on any atom is -0.462 e. The van der Waals surface area contributed by atoms with Crippen LogP contribution >= 0.6 is 34.5 Å². The predicted molar refractivity (Wildman–Crippen MR) is 185 cm³/mol. The predicted octanol–water partition coefficient (Wildman–Crippen LogP) is 6.88. The third-order valence-electron chi connectivity index (χ3n) is 7.35. The number of halogens is 2. The van der Waals surface area contributed by atoms with Gasteiger partial charge in [-0.2, -0.15) is 5.10 Å². The molecule has 1 aromatic heterocycles. The smallest absolute Gasteiger partial charge is 0.343 e. The van der Waals surface area contributed by atoms with E-state index in [-0.39, 0.29) is 45.4 Å². The van der Waals surface area contributed by atoms with Crippen LogP contribution in [0.5, 0.6) is 11.5 Å². The van der Waals surface area contributed by atoms with Crippen LogP contribution in [0.25, 0.3) is 0 Å². The summed E-state index contributed by atoms with van der Waals surface area (Å²) in [4.78, 5) is 65.0. The van der Waals surface area contributed by atoms with E-state index in [1.54, 1.807) is 19.1 Å². The molecule has 1 aliphatic carbocycles. The number of nitrogens with one attached hydrogen (secondary N) is 2. The summed E-state index contributed by atoms with van der Waals surface area (Å²) in [6, 6.07) is 16.2. The number of amides is 2. The fraction of sp³-hybridized carbons (Fsp3) is 0.200. The van der Waals surface area contributed by atoms with Gasteiger partial charge in [0.2, 0.25) is 0 Å². The summed E-state index contributed by atoms with van der Waals surface area (Å²) in [5.74, 6) is -3.76. The maximum atomic E-state index is 12.9. The Morgan fingerprint density at radius 2 is 1.51 bits per heavy atom. The Kier molecular flexibility index (Phi) is 11.4. The summed E-state index contributed by atoms with van der Waals surface area (Å²) in [6.45, 7) is 3.96. The van der Waals surface area contributed by atoms with Crippen LogP contribution in [0.4, 0.5) is 5.00 Å². The molecule has 1 aliphatic rings. The fourth-order valence-electron chi connectivity index (χ4n) is 4.90. The molecule has 2 N–H and O–H groups in total. The van der Waals surface area contributed by atoms with E-state index in [0.29, 0.717) is 22.4 Å². The number of rotatable bonds is 9. The standard InChI is InChI=1S/C35H29Cl2N3O8S/c1-3-46-35(45)29-26-15-4-19(2)16-28(26)49-32(29)39-30(41)31(42)40-38-18-22-9-14-25(47-33(43)20-5-10-23(36)11-6-20)17-27(22)48-34(44)21-7-12-24(37)13-8-21/h5-14,17-19H,3-4,15-16H2,1-2H3,(H,39,41)(H,40,42)/b38-18+. The highest BCUT2D eigenvalue weighted by atomic mass is 35.5. The van der Waals surface area contributed by atoms with E-state index in [9.17, 15) is 24.0 Å². The van der Waals surface area contributed by atoms with E-state index in [0.717, 1.165) is 29.5 Å². The molecule has 49 heavy (non-hydrogen) atoms. The number of carbonyl (C=O) groups is 5. The van der Waals surface area contributed by atoms with Crippen molar-refractivity contribution >= 4 is 75.5 Å².